The quantitative estimate of drug-likeness (QED) is 0.401. The first kappa shape index (κ1) is 23.8. The minimum Gasteiger partial charge on any atom is -0.345 e. The highest BCUT2D eigenvalue weighted by Gasteiger charge is 2.19. The van der Waals surface area contributed by atoms with E-state index >= 15 is 0 Å². The van der Waals surface area contributed by atoms with E-state index < -0.39 is 0 Å². The zero-order valence-electron chi connectivity index (χ0n) is 19.1. The van der Waals surface area contributed by atoms with Crippen molar-refractivity contribution in [2.24, 2.45) is 0 Å². The lowest BCUT2D eigenvalue weighted by atomic mass is 10.0. The van der Waals surface area contributed by atoms with Crippen molar-refractivity contribution in [3.63, 3.8) is 0 Å². The molecule has 6 nitrogen and oxygen atoms in total. The van der Waals surface area contributed by atoms with Gasteiger partial charge in [-0.05, 0) is 54.5 Å². The normalized spacial score (nSPS) is 11.4. The maximum Gasteiger partial charge on any atom is 0.254 e. The first-order valence-corrected chi connectivity index (χ1v) is 11.0. The Hall–Kier alpha value is -3.87. The molecule has 0 aliphatic rings. The lowest BCUT2D eigenvalue weighted by molar-refractivity contribution is 0.0937. The average Bonchev–Trinajstić information content (AvgIpc) is 3.27. The summed E-state index contributed by atoms with van der Waals surface area (Å²) in [7, 11) is 0. The summed E-state index contributed by atoms with van der Waals surface area (Å²) in [6, 6.07) is 9.60. The van der Waals surface area contributed by atoms with Crippen LogP contribution in [0.2, 0.25) is 0 Å². The Labute approximate surface area is 193 Å². The maximum absolute atomic E-state index is 13.3. The highest BCUT2D eigenvalue weighted by atomic mass is 19.1. The number of carbonyl (C=O) groups excluding carboxylic acids is 1. The zero-order chi connectivity index (χ0) is 23.8. The summed E-state index contributed by atoms with van der Waals surface area (Å²) in [5.41, 5.74) is 3.49. The van der Waals surface area contributed by atoms with Crippen LogP contribution in [0.1, 0.15) is 61.3 Å². The van der Waals surface area contributed by atoms with Crippen LogP contribution in [0.15, 0.2) is 67.8 Å². The summed E-state index contributed by atoms with van der Waals surface area (Å²) >= 11 is 0. The van der Waals surface area contributed by atoms with Crippen LogP contribution in [-0.4, -0.2) is 25.7 Å². The molecule has 0 spiro atoms. The summed E-state index contributed by atoms with van der Waals surface area (Å²) in [6.45, 7) is 10.00. The molecule has 4 rings (SSSR count). The van der Waals surface area contributed by atoms with Gasteiger partial charge in [-0.1, -0.05) is 33.8 Å². The van der Waals surface area contributed by atoms with Crippen LogP contribution >= 0.6 is 0 Å². The van der Waals surface area contributed by atoms with Crippen molar-refractivity contribution in [3.05, 3.63) is 90.4 Å². The van der Waals surface area contributed by atoms with Crippen molar-refractivity contribution in [2.75, 3.05) is 0 Å². The Morgan fingerprint density at radius 1 is 1.15 bits per heavy atom. The number of nitrogens with zero attached hydrogens (tertiary/aromatic N) is 4. The molecule has 1 atom stereocenters. The molecule has 1 unspecified atom stereocenters. The fourth-order valence-electron chi connectivity index (χ4n) is 3.36. The van der Waals surface area contributed by atoms with Gasteiger partial charge in [0.15, 0.2) is 0 Å². The van der Waals surface area contributed by atoms with Crippen molar-refractivity contribution in [2.45, 2.75) is 39.7 Å². The predicted octanol–water partition coefficient (Wildman–Crippen LogP) is 5.90. The van der Waals surface area contributed by atoms with Gasteiger partial charge in [-0.2, -0.15) is 5.10 Å². The molecule has 0 bridgehead atoms. The van der Waals surface area contributed by atoms with E-state index in [4.69, 9.17) is 0 Å². The van der Waals surface area contributed by atoms with Gasteiger partial charge in [0.05, 0.1) is 40.9 Å². The van der Waals surface area contributed by atoms with Crippen LogP contribution in [0.5, 0.6) is 0 Å². The van der Waals surface area contributed by atoms with Crippen molar-refractivity contribution in [1.29, 1.82) is 0 Å². The van der Waals surface area contributed by atoms with Gasteiger partial charge in [0.2, 0.25) is 0 Å². The molecule has 3 aromatic heterocycles. The fourth-order valence-corrected chi connectivity index (χ4v) is 3.36. The molecule has 1 N–H and O–H groups in total. The minimum absolute atomic E-state index is 0.179. The molecule has 33 heavy (non-hydrogen) atoms. The monoisotopic (exact) mass is 445 g/mol. The Bertz CT molecular complexity index is 1230. The Balaban J connectivity index is 0.000000968. The van der Waals surface area contributed by atoms with Gasteiger partial charge < -0.3 is 5.32 Å². The number of rotatable bonds is 6. The Kier molecular flexibility index (Phi) is 8.02. The number of hydrogen-bond acceptors (Lipinski definition) is 4. The molecule has 0 saturated heterocycles. The van der Waals surface area contributed by atoms with Crippen molar-refractivity contribution < 1.29 is 9.18 Å². The average molecular weight is 446 g/mol. The SMILES string of the molecule is C=Cc1cc(C(CC)NC(=O)c2cncc3c2cnn3-c2ccc(F)cc2)ccn1.CCC. The van der Waals surface area contributed by atoms with Gasteiger partial charge in [-0.3, -0.25) is 14.8 Å². The number of nitrogens with one attached hydrogen (secondary N) is 1. The molecular weight excluding hydrogens is 417 g/mol. The molecular formula is C26H28FN5O. The third-order valence-electron chi connectivity index (χ3n) is 4.94. The summed E-state index contributed by atoms with van der Waals surface area (Å²) in [6.07, 6.45) is 10.1. The van der Waals surface area contributed by atoms with E-state index in [-0.39, 0.29) is 17.8 Å². The highest BCUT2D eigenvalue weighted by Crippen LogP contribution is 2.23. The second-order valence-corrected chi connectivity index (χ2v) is 7.51. The predicted molar refractivity (Wildman–Crippen MR) is 130 cm³/mol. The number of aromatic nitrogens is 4. The van der Waals surface area contributed by atoms with Gasteiger partial charge in [0, 0.05) is 17.8 Å². The number of carbonyl (C=O) groups is 1. The van der Waals surface area contributed by atoms with Crippen LogP contribution in [0.25, 0.3) is 22.7 Å². The number of fused-ring (bicyclic) bond motifs is 1. The van der Waals surface area contributed by atoms with E-state index in [9.17, 15) is 9.18 Å². The van der Waals surface area contributed by atoms with Gasteiger partial charge in [-0.15, -0.1) is 0 Å². The molecule has 3 heterocycles. The van der Waals surface area contributed by atoms with Crippen molar-refractivity contribution in [3.8, 4) is 5.69 Å². The van der Waals surface area contributed by atoms with E-state index in [0.717, 1.165) is 11.3 Å². The molecule has 1 aromatic carbocycles. The van der Waals surface area contributed by atoms with E-state index in [1.807, 2.05) is 19.1 Å². The van der Waals surface area contributed by atoms with Crippen LogP contribution < -0.4 is 5.32 Å². The topological polar surface area (TPSA) is 72.7 Å². The second kappa shape index (κ2) is 11.1. The maximum atomic E-state index is 13.3. The standard InChI is InChI=1S/C23H20FN5O.C3H8/c1-3-17-11-15(9-10-26-17)21(4-2)28-23(30)20-12-25-14-22-19(20)13-27-29(22)18-7-5-16(24)6-8-18;1-3-2/h3,5-14,21H,1,4H2,2H3,(H,28,30);3H2,1-2H3. The third-order valence-corrected chi connectivity index (χ3v) is 4.94. The largest absolute Gasteiger partial charge is 0.345 e. The first-order valence-electron chi connectivity index (χ1n) is 11.0. The summed E-state index contributed by atoms with van der Waals surface area (Å²) in [5, 5.41) is 8.11. The molecule has 0 radical (unpaired) electrons. The number of pyridine rings is 2. The molecule has 0 fully saturated rings. The molecule has 0 aliphatic carbocycles. The Morgan fingerprint density at radius 3 is 2.55 bits per heavy atom. The second-order valence-electron chi connectivity index (χ2n) is 7.51. The van der Waals surface area contributed by atoms with Crippen LogP contribution in [0, 0.1) is 5.82 Å². The first-order chi connectivity index (χ1) is 16.0. The number of hydrogen-bond donors (Lipinski definition) is 1. The number of benzene rings is 1. The summed E-state index contributed by atoms with van der Waals surface area (Å²) < 4.78 is 14.9. The van der Waals surface area contributed by atoms with Crippen LogP contribution in [0.3, 0.4) is 0 Å². The van der Waals surface area contributed by atoms with E-state index in [1.165, 1.54) is 24.8 Å². The number of amides is 1. The van der Waals surface area contributed by atoms with E-state index in [1.54, 1.807) is 41.5 Å². The van der Waals surface area contributed by atoms with Crippen LogP contribution in [-0.2, 0) is 0 Å². The van der Waals surface area contributed by atoms with Gasteiger partial charge in [0.25, 0.3) is 5.91 Å². The third kappa shape index (κ3) is 5.49. The van der Waals surface area contributed by atoms with Gasteiger partial charge in [0.1, 0.15) is 5.82 Å². The summed E-state index contributed by atoms with van der Waals surface area (Å²) in [4.78, 5) is 21.5. The van der Waals surface area contributed by atoms with Crippen molar-refractivity contribution >= 4 is 22.9 Å². The van der Waals surface area contributed by atoms with Gasteiger partial charge in [-0.25, -0.2) is 9.07 Å². The number of halogens is 1. The fraction of sp³-hybridized carbons (Fsp3) is 0.231. The van der Waals surface area contributed by atoms with Crippen molar-refractivity contribution in [1.82, 2.24) is 25.1 Å². The van der Waals surface area contributed by atoms with Crippen LogP contribution in [0.4, 0.5) is 4.39 Å². The van der Waals surface area contributed by atoms with Gasteiger partial charge >= 0.3 is 0 Å². The lowest BCUT2D eigenvalue weighted by Gasteiger charge is -2.18. The molecule has 170 valence electrons. The minimum atomic E-state index is -0.324. The Morgan fingerprint density at radius 2 is 1.88 bits per heavy atom. The highest BCUT2D eigenvalue weighted by molar-refractivity contribution is 6.06. The zero-order valence-corrected chi connectivity index (χ0v) is 19.1. The van der Waals surface area contributed by atoms with E-state index in [0.29, 0.717) is 28.6 Å². The molecule has 1 amide bonds. The molecule has 4 aromatic rings. The van der Waals surface area contributed by atoms with E-state index in [2.05, 4.69) is 40.8 Å². The smallest absolute Gasteiger partial charge is 0.254 e. The molecule has 7 heteroatoms. The molecule has 0 aliphatic heterocycles. The summed E-state index contributed by atoms with van der Waals surface area (Å²) in [5.74, 6) is -0.565. The lowest BCUT2D eigenvalue weighted by Crippen LogP contribution is -2.28. The molecule has 0 saturated carbocycles.